The van der Waals surface area contributed by atoms with Gasteiger partial charge in [-0.3, -0.25) is 4.79 Å². The SMILES string of the molecule is CCOC(=O)CCc1nc2cc(C)ccc2[nH]1. The van der Waals surface area contributed by atoms with Gasteiger partial charge in [-0.05, 0) is 31.5 Å². The lowest BCUT2D eigenvalue weighted by Gasteiger charge is -1.98. The molecule has 4 heteroatoms. The molecule has 0 aliphatic heterocycles. The lowest BCUT2D eigenvalue weighted by atomic mass is 10.2. The molecule has 0 saturated carbocycles. The van der Waals surface area contributed by atoms with Crippen molar-refractivity contribution in [1.29, 1.82) is 0 Å². The number of rotatable bonds is 4. The third-order valence-corrected chi connectivity index (χ3v) is 2.56. The number of aryl methyl sites for hydroxylation is 2. The summed E-state index contributed by atoms with van der Waals surface area (Å²) in [7, 11) is 0. The van der Waals surface area contributed by atoms with Crippen LogP contribution in [0, 0.1) is 6.92 Å². The molecular formula is C13H16N2O2. The van der Waals surface area contributed by atoms with E-state index >= 15 is 0 Å². The minimum absolute atomic E-state index is 0.177. The Morgan fingerprint density at radius 2 is 2.29 bits per heavy atom. The van der Waals surface area contributed by atoms with Gasteiger partial charge in [0.1, 0.15) is 5.82 Å². The number of carbonyl (C=O) groups is 1. The van der Waals surface area contributed by atoms with Crippen LogP contribution in [0.1, 0.15) is 24.7 Å². The van der Waals surface area contributed by atoms with Crippen molar-refractivity contribution in [2.24, 2.45) is 0 Å². The highest BCUT2D eigenvalue weighted by Crippen LogP contribution is 2.14. The van der Waals surface area contributed by atoms with Crippen LogP contribution in [0.15, 0.2) is 18.2 Å². The Bertz CT molecular complexity index is 531. The largest absolute Gasteiger partial charge is 0.466 e. The summed E-state index contributed by atoms with van der Waals surface area (Å²) < 4.78 is 4.88. The van der Waals surface area contributed by atoms with E-state index in [1.54, 1.807) is 0 Å². The third-order valence-electron chi connectivity index (χ3n) is 2.56. The quantitative estimate of drug-likeness (QED) is 0.823. The summed E-state index contributed by atoms with van der Waals surface area (Å²) in [5, 5.41) is 0. The molecular weight excluding hydrogens is 216 g/mol. The molecule has 0 aliphatic carbocycles. The Hall–Kier alpha value is -1.84. The summed E-state index contributed by atoms with van der Waals surface area (Å²) in [6, 6.07) is 6.07. The zero-order chi connectivity index (χ0) is 12.3. The summed E-state index contributed by atoms with van der Waals surface area (Å²) in [5.74, 6) is 0.655. The molecule has 0 atom stereocenters. The molecule has 1 aromatic carbocycles. The van der Waals surface area contributed by atoms with Crippen LogP contribution >= 0.6 is 0 Å². The number of aromatic amines is 1. The Balaban J connectivity index is 2.07. The molecule has 0 saturated heterocycles. The van der Waals surface area contributed by atoms with Crippen LogP contribution in [-0.4, -0.2) is 22.5 Å². The Morgan fingerprint density at radius 1 is 1.47 bits per heavy atom. The first-order valence-electron chi connectivity index (χ1n) is 5.80. The van der Waals surface area contributed by atoms with Gasteiger partial charge in [0.05, 0.1) is 24.1 Å². The molecule has 0 amide bonds. The summed E-state index contributed by atoms with van der Waals surface area (Å²) >= 11 is 0. The third kappa shape index (κ3) is 2.84. The number of H-pyrrole nitrogens is 1. The number of benzene rings is 1. The predicted octanol–water partition coefficient (Wildman–Crippen LogP) is 2.37. The number of nitrogens with one attached hydrogen (secondary N) is 1. The first-order valence-corrected chi connectivity index (χ1v) is 5.80. The molecule has 4 nitrogen and oxygen atoms in total. The number of carbonyl (C=O) groups excluding carboxylic acids is 1. The van der Waals surface area contributed by atoms with Crippen LogP contribution < -0.4 is 0 Å². The van der Waals surface area contributed by atoms with Gasteiger partial charge < -0.3 is 9.72 Å². The fourth-order valence-electron chi connectivity index (χ4n) is 1.74. The highest BCUT2D eigenvalue weighted by atomic mass is 16.5. The van der Waals surface area contributed by atoms with E-state index in [1.807, 2.05) is 32.0 Å². The molecule has 0 radical (unpaired) electrons. The van der Waals surface area contributed by atoms with E-state index in [4.69, 9.17) is 4.74 Å². The maximum atomic E-state index is 11.2. The summed E-state index contributed by atoms with van der Waals surface area (Å²) in [4.78, 5) is 18.9. The van der Waals surface area contributed by atoms with Gasteiger partial charge in [0.2, 0.25) is 0 Å². The van der Waals surface area contributed by atoms with E-state index in [9.17, 15) is 4.79 Å². The topological polar surface area (TPSA) is 55.0 Å². The van der Waals surface area contributed by atoms with E-state index in [0.29, 0.717) is 19.4 Å². The van der Waals surface area contributed by atoms with Crippen molar-refractivity contribution in [3.63, 3.8) is 0 Å². The van der Waals surface area contributed by atoms with E-state index in [1.165, 1.54) is 5.56 Å². The molecule has 1 heterocycles. The Morgan fingerprint density at radius 3 is 3.06 bits per heavy atom. The average Bonchev–Trinajstić information content (AvgIpc) is 2.68. The van der Waals surface area contributed by atoms with Crippen molar-refractivity contribution in [3.05, 3.63) is 29.6 Å². The molecule has 0 spiro atoms. The van der Waals surface area contributed by atoms with E-state index in [-0.39, 0.29) is 5.97 Å². The normalized spacial score (nSPS) is 10.7. The van der Waals surface area contributed by atoms with Gasteiger partial charge >= 0.3 is 5.97 Å². The number of hydrogen-bond donors (Lipinski definition) is 1. The zero-order valence-electron chi connectivity index (χ0n) is 10.1. The second-order valence-corrected chi connectivity index (χ2v) is 4.01. The summed E-state index contributed by atoms with van der Waals surface area (Å²) in [6.45, 7) is 4.27. The van der Waals surface area contributed by atoms with Crippen molar-refractivity contribution in [3.8, 4) is 0 Å². The van der Waals surface area contributed by atoms with Gasteiger partial charge in [-0.25, -0.2) is 4.98 Å². The standard InChI is InChI=1S/C13H16N2O2/c1-3-17-13(16)7-6-12-14-10-5-4-9(2)8-11(10)15-12/h4-5,8H,3,6-7H2,1-2H3,(H,14,15). The van der Waals surface area contributed by atoms with Gasteiger partial charge in [-0.2, -0.15) is 0 Å². The number of esters is 1. The van der Waals surface area contributed by atoms with Crippen molar-refractivity contribution >= 4 is 17.0 Å². The molecule has 90 valence electrons. The fraction of sp³-hybridized carbons (Fsp3) is 0.385. The van der Waals surface area contributed by atoms with Gasteiger partial charge in [0.15, 0.2) is 0 Å². The maximum Gasteiger partial charge on any atom is 0.306 e. The second-order valence-electron chi connectivity index (χ2n) is 4.01. The van der Waals surface area contributed by atoms with Crippen molar-refractivity contribution < 1.29 is 9.53 Å². The molecule has 0 fully saturated rings. The number of aromatic nitrogens is 2. The van der Waals surface area contributed by atoms with Gasteiger partial charge in [0, 0.05) is 6.42 Å². The molecule has 1 aromatic heterocycles. The molecule has 17 heavy (non-hydrogen) atoms. The van der Waals surface area contributed by atoms with E-state index in [2.05, 4.69) is 9.97 Å². The van der Waals surface area contributed by atoms with Gasteiger partial charge in [-0.15, -0.1) is 0 Å². The highest BCUT2D eigenvalue weighted by molar-refractivity contribution is 5.76. The smallest absolute Gasteiger partial charge is 0.306 e. The van der Waals surface area contributed by atoms with E-state index < -0.39 is 0 Å². The number of ether oxygens (including phenoxy) is 1. The van der Waals surface area contributed by atoms with Gasteiger partial charge in [-0.1, -0.05) is 6.07 Å². The lowest BCUT2D eigenvalue weighted by molar-refractivity contribution is -0.143. The van der Waals surface area contributed by atoms with Crippen LogP contribution in [0.5, 0.6) is 0 Å². The van der Waals surface area contributed by atoms with Crippen LogP contribution in [0.3, 0.4) is 0 Å². The van der Waals surface area contributed by atoms with Crippen molar-refractivity contribution in [1.82, 2.24) is 9.97 Å². The summed E-state index contributed by atoms with van der Waals surface area (Å²) in [6.07, 6.45) is 0.958. The Kier molecular flexibility index (Phi) is 3.42. The molecule has 1 N–H and O–H groups in total. The minimum atomic E-state index is -0.177. The number of nitrogens with zero attached hydrogens (tertiary/aromatic N) is 1. The van der Waals surface area contributed by atoms with E-state index in [0.717, 1.165) is 16.9 Å². The van der Waals surface area contributed by atoms with Crippen molar-refractivity contribution in [2.45, 2.75) is 26.7 Å². The van der Waals surface area contributed by atoms with Crippen LogP contribution in [-0.2, 0) is 16.0 Å². The minimum Gasteiger partial charge on any atom is -0.466 e. The number of fused-ring (bicyclic) bond motifs is 1. The number of hydrogen-bond acceptors (Lipinski definition) is 3. The van der Waals surface area contributed by atoms with Crippen LogP contribution in [0.4, 0.5) is 0 Å². The van der Waals surface area contributed by atoms with Crippen LogP contribution in [0.25, 0.3) is 11.0 Å². The molecule has 0 bridgehead atoms. The Labute approximate surface area is 100 Å². The first-order chi connectivity index (χ1) is 8.19. The molecule has 2 aromatic rings. The summed E-state index contributed by atoms with van der Waals surface area (Å²) in [5.41, 5.74) is 3.14. The van der Waals surface area contributed by atoms with Crippen LogP contribution in [0.2, 0.25) is 0 Å². The second kappa shape index (κ2) is 4.99. The molecule has 0 aliphatic rings. The fourth-order valence-corrected chi connectivity index (χ4v) is 1.74. The van der Waals surface area contributed by atoms with Crippen molar-refractivity contribution in [2.75, 3.05) is 6.61 Å². The number of imidazole rings is 1. The maximum absolute atomic E-state index is 11.2. The monoisotopic (exact) mass is 232 g/mol. The average molecular weight is 232 g/mol. The van der Waals surface area contributed by atoms with Gasteiger partial charge in [0.25, 0.3) is 0 Å². The lowest BCUT2D eigenvalue weighted by Crippen LogP contribution is -2.05. The zero-order valence-corrected chi connectivity index (χ0v) is 10.1. The highest BCUT2D eigenvalue weighted by Gasteiger charge is 2.06. The predicted molar refractivity (Wildman–Crippen MR) is 65.8 cm³/mol. The molecule has 0 unspecified atom stereocenters. The first kappa shape index (κ1) is 11.6. The molecule has 2 rings (SSSR count).